The Bertz CT molecular complexity index is 1740. The molecule has 218 valence electrons. The van der Waals surface area contributed by atoms with E-state index >= 15 is 0 Å². The summed E-state index contributed by atoms with van der Waals surface area (Å²) in [5, 5.41) is 8.64. The number of hydrogen-bond acceptors (Lipinski definition) is 9. The van der Waals surface area contributed by atoms with Crippen LogP contribution in [-0.4, -0.2) is 64.1 Å². The van der Waals surface area contributed by atoms with Crippen LogP contribution in [-0.2, 0) is 13.0 Å². The fourth-order valence-corrected chi connectivity index (χ4v) is 5.94. The summed E-state index contributed by atoms with van der Waals surface area (Å²) in [5.74, 6) is 1.99. The van der Waals surface area contributed by atoms with Crippen molar-refractivity contribution < 1.29 is 0 Å². The molecule has 0 bridgehead atoms. The lowest BCUT2D eigenvalue weighted by atomic mass is 10.0. The standard InChI is InChI=1S/C33H34ClN9/c1-2-41-17-19-42(20-18-41)32-38-31(39-33(40-32)43-16-14-23-5-3-4-6-24(23)22-43)37-27-10-8-26(9-11-27)36-29-13-15-35-30-21-25(34)7-12-28(29)30/h3-13,15,21H,2,14,16-20,22H2,1H3,(H,35,36)(H,37,38,39,40). The quantitative estimate of drug-likeness (QED) is 0.228. The van der Waals surface area contributed by atoms with Crippen molar-refractivity contribution in [1.29, 1.82) is 0 Å². The Labute approximate surface area is 256 Å². The van der Waals surface area contributed by atoms with Crippen LogP contribution in [0, 0.1) is 0 Å². The molecular weight excluding hydrogens is 558 g/mol. The lowest BCUT2D eigenvalue weighted by Crippen LogP contribution is -2.47. The number of rotatable bonds is 7. The summed E-state index contributed by atoms with van der Waals surface area (Å²) in [6.45, 7) is 8.75. The molecule has 7 rings (SSSR count). The summed E-state index contributed by atoms with van der Waals surface area (Å²) in [5.41, 5.74) is 6.42. The summed E-state index contributed by atoms with van der Waals surface area (Å²) < 4.78 is 0. The third-order valence-electron chi connectivity index (χ3n) is 8.25. The highest BCUT2D eigenvalue weighted by molar-refractivity contribution is 6.31. The Kier molecular flexibility index (Phi) is 7.65. The Morgan fingerprint density at radius 2 is 1.47 bits per heavy atom. The minimum Gasteiger partial charge on any atom is -0.355 e. The molecule has 9 nitrogen and oxygen atoms in total. The molecule has 0 aliphatic carbocycles. The molecule has 2 aliphatic rings. The molecule has 1 fully saturated rings. The fourth-order valence-electron chi connectivity index (χ4n) is 5.77. The SMILES string of the molecule is CCN1CCN(c2nc(Nc3ccc(Nc4ccnc5cc(Cl)ccc45)cc3)nc(N3CCc4ccccc4C3)n2)CC1. The first-order valence-electron chi connectivity index (χ1n) is 14.8. The number of nitrogens with zero attached hydrogens (tertiary/aromatic N) is 7. The van der Waals surface area contributed by atoms with Gasteiger partial charge in [-0.3, -0.25) is 4.98 Å². The molecule has 2 N–H and O–H groups in total. The van der Waals surface area contributed by atoms with Crippen molar-refractivity contribution in [3.63, 3.8) is 0 Å². The van der Waals surface area contributed by atoms with Crippen LogP contribution in [0.25, 0.3) is 10.9 Å². The van der Waals surface area contributed by atoms with Crippen molar-refractivity contribution in [3.8, 4) is 0 Å². The fraction of sp³-hybridized carbons (Fsp3) is 0.273. The summed E-state index contributed by atoms with van der Waals surface area (Å²) in [6, 6.07) is 24.5. The van der Waals surface area contributed by atoms with Crippen LogP contribution in [0.3, 0.4) is 0 Å². The van der Waals surface area contributed by atoms with Crippen molar-refractivity contribution in [2.45, 2.75) is 19.9 Å². The van der Waals surface area contributed by atoms with Crippen molar-refractivity contribution >= 4 is 57.4 Å². The van der Waals surface area contributed by atoms with Gasteiger partial charge in [0.15, 0.2) is 0 Å². The van der Waals surface area contributed by atoms with Crippen molar-refractivity contribution in [1.82, 2.24) is 24.8 Å². The van der Waals surface area contributed by atoms with E-state index in [1.54, 1.807) is 6.20 Å². The lowest BCUT2D eigenvalue weighted by molar-refractivity contribution is 0.270. The number of hydrogen-bond donors (Lipinski definition) is 2. The van der Waals surface area contributed by atoms with Gasteiger partial charge >= 0.3 is 0 Å². The summed E-state index contributed by atoms with van der Waals surface area (Å²) in [4.78, 5) is 26.2. The molecule has 0 saturated carbocycles. The van der Waals surface area contributed by atoms with Gasteiger partial charge in [-0.1, -0.05) is 42.8 Å². The van der Waals surface area contributed by atoms with Crippen LogP contribution in [0.4, 0.5) is 34.9 Å². The van der Waals surface area contributed by atoms with Crippen LogP contribution in [0.2, 0.25) is 5.02 Å². The molecule has 2 aliphatic heterocycles. The van der Waals surface area contributed by atoms with Gasteiger partial charge in [0.1, 0.15) is 0 Å². The third kappa shape index (κ3) is 6.04. The molecule has 2 aromatic heterocycles. The number of halogens is 1. The van der Waals surface area contributed by atoms with E-state index in [-0.39, 0.29) is 0 Å². The maximum Gasteiger partial charge on any atom is 0.233 e. The van der Waals surface area contributed by atoms with Crippen molar-refractivity contribution in [3.05, 3.63) is 95.1 Å². The summed E-state index contributed by atoms with van der Waals surface area (Å²) in [7, 11) is 0. The average Bonchev–Trinajstić information content (AvgIpc) is 3.05. The van der Waals surface area contributed by atoms with Gasteiger partial charge in [0, 0.05) is 72.9 Å². The zero-order valence-corrected chi connectivity index (χ0v) is 24.9. The molecular formula is C33H34ClN9. The van der Waals surface area contributed by atoms with Gasteiger partial charge in [-0.2, -0.15) is 15.0 Å². The molecule has 0 atom stereocenters. The Morgan fingerprint density at radius 1 is 0.744 bits per heavy atom. The number of pyridine rings is 1. The van der Waals surface area contributed by atoms with Gasteiger partial charge in [0.25, 0.3) is 0 Å². The maximum absolute atomic E-state index is 6.17. The largest absolute Gasteiger partial charge is 0.355 e. The second-order valence-electron chi connectivity index (χ2n) is 11.0. The smallest absolute Gasteiger partial charge is 0.233 e. The first kappa shape index (κ1) is 27.4. The second kappa shape index (κ2) is 12.0. The molecule has 43 heavy (non-hydrogen) atoms. The van der Waals surface area contributed by atoms with Crippen LogP contribution >= 0.6 is 11.6 Å². The first-order valence-corrected chi connectivity index (χ1v) is 15.2. The Morgan fingerprint density at radius 3 is 2.23 bits per heavy atom. The van der Waals surface area contributed by atoms with Gasteiger partial charge in [0.2, 0.25) is 17.8 Å². The van der Waals surface area contributed by atoms with Crippen LogP contribution in [0.1, 0.15) is 18.1 Å². The number of aromatic nitrogens is 4. The Hall–Kier alpha value is -4.47. The lowest BCUT2D eigenvalue weighted by Gasteiger charge is -2.35. The number of piperazine rings is 1. The third-order valence-corrected chi connectivity index (χ3v) is 8.49. The molecule has 3 aromatic carbocycles. The summed E-state index contributed by atoms with van der Waals surface area (Å²) in [6.07, 6.45) is 2.76. The number of anilines is 6. The van der Waals surface area contributed by atoms with Crippen LogP contribution in [0.15, 0.2) is 79.0 Å². The van der Waals surface area contributed by atoms with Crippen molar-refractivity contribution in [2.24, 2.45) is 0 Å². The predicted molar refractivity (Wildman–Crippen MR) is 175 cm³/mol. The number of nitrogens with one attached hydrogen (secondary N) is 2. The molecule has 0 amide bonds. The molecule has 4 heterocycles. The van der Waals surface area contributed by atoms with E-state index in [2.05, 4.69) is 61.5 Å². The van der Waals surface area contributed by atoms with E-state index in [1.807, 2.05) is 48.5 Å². The van der Waals surface area contributed by atoms with E-state index < -0.39 is 0 Å². The van der Waals surface area contributed by atoms with Crippen LogP contribution in [0.5, 0.6) is 0 Å². The highest BCUT2D eigenvalue weighted by Crippen LogP contribution is 2.29. The highest BCUT2D eigenvalue weighted by atomic mass is 35.5. The van der Waals surface area contributed by atoms with Crippen LogP contribution < -0.4 is 20.4 Å². The van der Waals surface area contributed by atoms with E-state index in [0.717, 1.165) is 86.1 Å². The van der Waals surface area contributed by atoms with Gasteiger partial charge in [0.05, 0.1) is 5.52 Å². The Balaban J connectivity index is 1.13. The number of fused-ring (bicyclic) bond motifs is 2. The molecule has 0 radical (unpaired) electrons. The molecule has 0 spiro atoms. The van der Waals surface area contributed by atoms with Gasteiger partial charge in [-0.15, -0.1) is 0 Å². The van der Waals surface area contributed by atoms with E-state index in [0.29, 0.717) is 16.9 Å². The van der Waals surface area contributed by atoms with E-state index in [1.165, 1.54) is 11.1 Å². The minimum absolute atomic E-state index is 0.550. The van der Waals surface area contributed by atoms with Gasteiger partial charge < -0.3 is 25.3 Å². The second-order valence-corrected chi connectivity index (χ2v) is 11.4. The molecule has 1 saturated heterocycles. The zero-order valence-electron chi connectivity index (χ0n) is 24.2. The molecule has 0 unspecified atom stereocenters. The predicted octanol–water partition coefficient (Wildman–Crippen LogP) is 6.27. The topological polar surface area (TPSA) is 85.3 Å². The average molecular weight is 592 g/mol. The van der Waals surface area contributed by atoms with Gasteiger partial charge in [-0.25, -0.2) is 0 Å². The monoisotopic (exact) mass is 591 g/mol. The van der Waals surface area contributed by atoms with E-state index in [9.17, 15) is 0 Å². The number of likely N-dealkylation sites (N-methyl/N-ethyl adjacent to an activating group) is 1. The van der Waals surface area contributed by atoms with Gasteiger partial charge in [-0.05, 0) is 72.6 Å². The number of benzene rings is 3. The van der Waals surface area contributed by atoms with E-state index in [4.69, 9.17) is 26.6 Å². The molecule has 5 aromatic rings. The maximum atomic E-state index is 6.17. The highest BCUT2D eigenvalue weighted by Gasteiger charge is 2.23. The summed E-state index contributed by atoms with van der Waals surface area (Å²) >= 11 is 6.17. The normalized spacial score (nSPS) is 15.4. The molecule has 10 heteroatoms. The minimum atomic E-state index is 0.550. The van der Waals surface area contributed by atoms with Crippen molar-refractivity contribution in [2.75, 3.05) is 59.7 Å². The first-order chi connectivity index (χ1) is 21.1. The zero-order chi connectivity index (χ0) is 29.2.